The van der Waals surface area contributed by atoms with Crippen LogP contribution in [-0.2, 0) is 0 Å². The van der Waals surface area contributed by atoms with Crippen LogP contribution in [0.25, 0.3) is 32.3 Å². The van der Waals surface area contributed by atoms with Gasteiger partial charge in [-0.05, 0) is 136 Å². The van der Waals surface area contributed by atoms with Crippen molar-refractivity contribution in [3.05, 3.63) is 165 Å². The molecule has 0 saturated carbocycles. The van der Waals surface area contributed by atoms with E-state index >= 15 is 0 Å². The third-order valence-corrected chi connectivity index (χ3v) is 10.9. The van der Waals surface area contributed by atoms with Crippen molar-refractivity contribution in [3.63, 3.8) is 0 Å². The Balaban J connectivity index is 1.43. The van der Waals surface area contributed by atoms with E-state index in [0.29, 0.717) is 11.1 Å². The molecule has 0 fully saturated rings. The van der Waals surface area contributed by atoms with Crippen LogP contribution in [0, 0.1) is 78.1 Å². The Kier molecular flexibility index (Phi) is 8.36. The van der Waals surface area contributed by atoms with E-state index in [-0.39, 0.29) is 0 Å². The van der Waals surface area contributed by atoms with E-state index in [1.54, 1.807) is 0 Å². The van der Waals surface area contributed by atoms with Gasteiger partial charge in [-0.15, -0.1) is 0 Å². The summed E-state index contributed by atoms with van der Waals surface area (Å²) in [6, 6.07) is 44.0. The Labute approximate surface area is 318 Å². The average Bonchev–Trinajstić information content (AvgIpc) is 3.13. The molecule has 0 aromatic heterocycles. The second-order valence-corrected chi connectivity index (χ2v) is 15.0. The predicted octanol–water partition coefficient (Wildman–Crippen LogP) is 13.7. The van der Waals surface area contributed by atoms with Crippen molar-refractivity contribution in [3.8, 4) is 12.1 Å². The minimum absolute atomic E-state index is 0.603. The van der Waals surface area contributed by atoms with Gasteiger partial charge in [0.15, 0.2) is 0 Å². The van der Waals surface area contributed by atoms with Crippen LogP contribution in [0.15, 0.2) is 109 Å². The van der Waals surface area contributed by atoms with E-state index < -0.39 is 0 Å². The van der Waals surface area contributed by atoms with Gasteiger partial charge in [0, 0.05) is 33.5 Å². The van der Waals surface area contributed by atoms with Gasteiger partial charge in [0.05, 0.1) is 22.5 Å². The summed E-state index contributed by atoms with van der Waals surface area (Å²) in [6.07, 6.45) is 0. The highest BCUT2D eigenvalue weighted by molar-refractivity contribution is 6.27. The zero-order valence-corrected chi connectivity index (χ0v) is 32.2. The molecule has 0 bridgehead atoms. The van der Waals surface area contributed by atoms with Crippen molar-refractivity contribution in [2.75, 3.05) is 9.80 Å². The summed E-state index contributed by atoms with van der Waals surface area (Å²) in [5.41, 5.74) is 16.3. The molecule has 0 saturated heterocycles. The normalized spacial score (nSPS) is 11.3. The van der Waals surface area contributed by atoms with Crippen molar-refractivity contribution in [1.82, 2.24) is 0 Å². The van der Waals surface area contributed by atoms with Gasteiger partial charge in [0.2, 0.25) is 0 Å². The molecule has 0 atom stereocenters. The number of benzene rings is 8. The molecular weight excluding hydrogens is 657 g/mol. The molecule has 0 heterocycles. The summed E-state index contributed by atoms with van der Waals surface area (Å²) >= 11 is 0. The van der Waals surface area contributed by atoms with E-state index in [4.69, 9.17) is 0 Å². The zero-order chi connectivity index (χ0) is 38.0. The van der Waals surface area contributed by atoms with Crippen LogP contribution in [0.4, 0.5) is 34.1 Å². The first-order valence-electron chi connectivity index (χ1n) is 18.5. The minimum atomic E-state index is 0.603. The lowest BCUT2D eigenvalue weighted by Gasteiger charge is -2.31. The summed E-state index contributed by atoms with van der Waals surface area (Å²) < 4.78 is 0. The standard InChI is InChI=1S/C50H42N4/c1-29-9-17-43(33(5)21-29)53(44-18-10-30(2)22-34(44)6)47-25-37-13-16-40-42(28-52)48(26-38-14-15-39(41(47)27-51)49(37)50(38)40)54(45-19-11-31(3)23-35(45)7)46-20-12-32(4)24-36(46)8/h9-26H,1-8H3. The topological polar surface area (TPSA) is 54.1 Å². The van der Waals surface area contributed by atoms with Gasteiger partial charge in [0.25, 0.3) is 0 Å². The highest BCUT2D eigenvalue weighted by Crippen LogP contribution is 2.49. The molecule has 0 aliphatic rings. The number of nitrogens with zero attached hydrogens (tertiary/aromatic N) is 4. The first kappa shape index (κ1) is 34.5. The zero-order valence-electron chi connectivity index (χ0n) is 32.2. The molecule has 54 heavy (non-hydrogen) atoms. The number of aryl methyl sites for hydroxylation is 8. The van der Waals surface area contributed by atoms with Gasteiger partial charge >= 0.3 is 0 Å². The van der Waals surface area contributed by atoms with E-state index in [0.717, 1.165) is 88.7 Å². The van der Waals surface area contributed by atoms with Crippen molar-refractivity contribution in [1.29, 1.82) is 10.5 Å². The lowest BCUT2D eigenvalue weighted by Crippen LogP contribution is -2.15. The lowest BCUT2D eigenvalue weighted by molar-refractivity contribution is 1.21. The molecule has 0 N–H and O–H groups in total. The Morgan fingerprint density at radius 3 is 0.907 bits per heavy atom. The Morgan fingerprint density at radius 2 is 0.648 bits per heavy atom. The first-order chi connectivity index (χ1) is 26.0. The molecule has 0 aliphatic heterocycles. The van der Waals surface area contributed by atoms with E-state index in [2.05, 4.69) is 187 Å². The van der Waals surface area contributed by atoms with Crippen LogP contribution >= 0.6 is 0 Å². The third kappa shape index (κ3) is 5.51. The van der Waals surface area contributed by atoms with Crippen LogP contribution in [-0.4, -0.2) is 0 Å². The van der Waals surface area contributed by atoms with Crippen molar-refractivity contribution in [2.24, 2.45) is 0 Å². The lowest BCUT2D eigenvalue weighted by atomic mass is 9.88. The second-order valence-electron chi connectivity index (χ2n) is 15.0. The van der Waals surface area contributed by atoms with Crippen LogP contribution < -0.4 is 9.80 Å². The van der Waals surface area contributed by atoms with Crippen LogP contribution in [0.5, 0.6) is 0 Å². The van der Waals surface area contributed by atoms with Gasteiger partial charge in [-0.3, -0.25) is 0 Å². The van der Waals surface area contributed by atoms with E-state index in [1.165, 1.54) is 22.3 Å². The van der Waals surface area contributed by atoms with Gasteiger partial charge in [-0.1, -0.05) is 95.1 Å². The number of nitriles is 2. The number of hydrogen-bond acceptors (Lipinski definition) is 4. The molecule has 0 spiro atoms. The van der Waals surface area contributed by atoms with Crippen LogP contribution in [0.1, 0.15) is 55.6 Å². The maximum atomic E-state index is 11.0. The highest BCUT2D eigenvalue weighted by Gasteiger charge is 2.27. The average molecular weight is 699 g/mol. The Morgan fingerprint density at radius 1 is 0.352 bits per heavy atom. The van der Waals surface area contributed by atoms with Crippen LogP contribution in [0.3, 0.4) is 0 Å². The number of hydrogen-bond donors (Lipinski definition) is 0. The smallest absolute Gasteiger partial charge is 0.102 e. The summed E-state index contributed by atoms with van der Waals surface area (Å²) in [7, 11) is 0. The van der Waals surface area contributed by atoms with Crippen molar-refractivity contribution < 1.29 is 0 Å². The highest BCUT2D eigenvalue weighted by atomic mass is 15.2. The maximum Gasteiger partial charge on any atom is 0.102 e. The molecule has 0 radical (unpaired) electrons. The molecule has 8 aromatic rings. The molecule has 8 rings (SSSR count). The quantitative estimate of drug-likeness (QED) is 0.162. The fourth-order valence-electron chi connectivity index (χ4n) is 8.51. The maximum absolute atomic E-state index is 11.0. The fourth-order valence-corrected chi connectivity index (χ4v) is 8.51. The minimum Gasteiger partial charge on any atom is -0.309 e. The molecule has 0 amide bonds. The molecule has 0 aliphatic carbocycles. The molecular formula is C50H42N4. The second kappa shape index (κ2) is 13.1. The molecule has 0 unspecified atom stereocenters. The Bertz CT molecular complexity index is 2600. The number of anilines is 6. The largest absolute Gasteiger partial charge is 0.309 e. The van der Waals surface area contributed by atoms with Gasteiger partial charge in [-0.2, -0.15) is 10.5 Å². The summed E-state index contributed by atoms with van der Waals surface area (Å²) in [4.78, 5) is 4.50. The first-order valence-corrected chi connectivity index (χ1v) is 18.5. The monoisotopic (exact) mass is 698 g/mol. The fraction of sp³-hybridized carbons (Fsp3) is 0.160. The molecule has 8 aromatic carbocycles. The Hall–Kier alpha value is -6.62. The third-order valence-electron chi connectivity index (χ3n) is 10.9. The number of rotatable bonds is 6. The van der Waals surface area contributed by atoms with Crippen LogP contribution in [0.2, 0.25) is 0 Å². The predicted molar refractivity (Wildman–Crippen MR) is 227 cm³/mol. The van der Waals surface area contributed by atoms with Crippen molar-refractivity contribution >= 4 is 66.4 Å². The summed E-state index contributed by atoms with van der Waals surface area (Å²) in [6.45, 7) is 17.0. The summed E-state index contributed by atoms with van der Waals surface area (Å²) in [5.74, 6) is 0. The van der Waals surface area contributed by atoms with Gasteiger partial charge < -0.3 is 9.80 Å². The van der Waals surface area contributed by atoms with Gasteiger partial charge in [-0.25, -0.2) is 0 Å². The molecule has 4 heteroatoms. The van der Waals surface area contributed by atoms with Crippen molar-refractivity contribution in [2.45, 2.75) is 55.4 Å². The van der Waals surface area contributed by atoms with Gasteiger partial charge in [0.1, 0.15) is 12.1 Å². The SMILES string of the molecule is Cc1ccc(N(c2ccc(C)cc2C)c2cc3ccc4c(C#N)c(N(c5ccc(C)cc5C)c5ccc(C)cc5C)cc5ccc(c2C#N)c3c54)c(C)c1. The van der Waals surface area contributed by atoms with E-state index in [1.807, 2.05) is 0 Å². The molecule has 262 valence electrons. The summed E-state index contributed by atoms with van der Waals surface area (Å²) in [5, 5.41) is 27.9. The van der Waals surface area contributed by atoms with E-state index in [9.17, 15) is 10.5 Å². The molecule has 4 nitrogen and oxygen atoms in total.